The van der Waals surface area contributed by atoms with Crippen LogP contribution in [0, 0.1) is 11.7 Å². The van der Waals surface area contributed by atoms with Crippen LogP contribution in [0.15, 0.2) is 22.7 Å². The molecule has 0 aromatic heterocycles. The van der Waals surface area contributed by atoms with E-state index in [2.05, 4.69) is 15.9 Å². The van der Waals surface area contributed by atoms with Crippen LogP contribution >= 0.6 is 15.9 Å². The van der Waals surface area contributed by atoms with Gasteiger partial charge in [0.2, 0.25) is 0 Å². The highest BCUT2D eigenvalue weighted by atomic mass is 79.9. The zero-order valence-electron chi connectivity index (χ0n) is 9.43. The molecule has 1 unspecified atom stereocenters. The summed E-state index contributed by atoms with van der Waals surface area (Å²) in [6.45, 7) is 3.49. The van der Waals surface area contributed by atoms with Gasteiger partial charge in [0.05, 0.1) is 4.47 Å². The van der Waals surface area contributed by atoms with Crippen LogP contribution in [0.4, 0.5) is 8.78 Å². The first-order valence-electron chi connectivity index (χ1n) is 5.22. The molecule has 0 aliphatic rings. The summed E-state index contributed by atoms with van der Waals surface area (Å²) in [5.41, 5.74) is 4.58. The smallest absolute Gasteiger partial charge is 0.137 e. The van der Waals surface area contributed by atoms with Crippen molar-refractivity contribution in [2.45, 2.75) is 25.9 Å². The summed E-state index contributed by atoms with van der Waals surface area (Å²) in [6, 6.07) is 4.62. The van der Waals surface area contributed by atoms with Gasteiger partial charge in [-0.05, 0) is 33.5 Å². The van der Waals surface area contributed by atoms with Gasteiger partial charge in [-0.25, -0.2) is 8.78 Å². The number of benzene rings is 1. The third-order valence-corrected chi connectivity index (χ3v) is 3.78. The second kappa shape index (κ2) is 5.23. The van der Waals surface area contributed by atoms with Gasteiger partial charge in [-0.3, -0.25) is 0 Å². The number of hydrogen-bond donors (Lipinski definition) is 1. The van der Waals surface area contributed by atoms with Gasteiger partial charge in [-0.15, -0.1) is 0 Å². The first-order valence-corrected chi connectivity index (χ1v) is 6.02. The van der Waals surface area contributed by atoms with Gasteiger partial charge in [0.25, 0.3) is 0 Å². The topological polar surface area (TPSA) is 26.0 Å². The average Bonchev–Trinajstić information content (AvgIpc) is 2.24. The van der Waals surface area contributed by atoms with Crippen LogP contribution in [-0.4, -0.2) is 12.2 Å². The Morgan fingerprint density at radius 1 is 1.44 bits per heavy atom. The monoisotopic (exact) mass is 291 g/mol. The van der Waals surface area contributed by atoms with Crippen LogP contribution in [0.25, 0.3) is 0 Å². The molecule has 0 spiro atoms. The Morgan fingerprint density at radius 3 is 2.56 bits per heavy atom. The highest BCUT2D eigenvalue weighted by molar-refractivity contribution is 9.10. The maximum Gasteiger partial charge on any atom is 0.137 e. The summed E-state index contributed by atoms with van der Waals surface area (Å²) in [5, 5.41) is 0. The Bertz CT molecular complexity index is 368. The molecule has 1 aromatic carbocycles. The fourth-order valence-corrected chi connectivity index (χ4v) is 1.92. The minimum atomic E-state index is -1.49. The lowest BCUT2D eigenvalue weighted by Gasteiger charge is -2.28. The van der Waals surface area contributed by atoms with E-state index >= 15 is 0 Å². The van der Waals surface area contributed by atoms with Crippen LogP contribution < -0.4 is 5.73 Å². The molecule has 1 aromatic rings. The molecular formula is C12H16BrF2N. The molecular weight excluding hydrogens is 276 g/mol. The van der Waals surface area contributed by atoms with E-state index < -0.39 is 5.67 Å². The second-order valence-corrected chi connectivity index (χ2v) is 5.08. The molecule has 1 atom stereocenters. The van der Waals surface area contributed by atoms with Crippen molar-refractivity contribution in [1.29, 1.82) is 0 Å². The number of alkyl halides is 1. The molecule has 2 N–H and O–H groups in total. The molecule has 0 bridgehead atoms. The number of halogens is 3. The van der Waals surface area contributed by atoms with E-state index in [9.17, 15) is 8.78 Å². The van der Waals surface area contributed by atoms with Crippen molar-refractivity contribution >= 4 is 15.9 Å². The van der Waals surface area contributed by atoms with Crippen LogP contribution in [0.5, 0.6) is 0 Å². The lowest BCUT2D eigenvalue weighted by atomic mass is 9.86. The van der Waals surface area contributed by atoms with Crippen molar-refractivity contribution < 1.29 is 8.78 Å². The minimum Gasteiger partial charge on any atom is -0.328 e. The first-order chi connectivity index (χ1) is 7.40. The third-order valence-electron chi connectivity index (χ3n) is 2.89. The van der Waals surface area contributed by atoms with E-state index in [4.69, 9.17) is 5.73 Å². The van der Waals surface area contributed by atoms with E-state index in [1.165, 1.54) is 6.07 Å². The largest absolute Gasteiger partial charge is 0.328 e. The fourth-order valence-electron chi connectivity index (χ4n) is 1.51. The highest BCUT2D eigenvalue weighted by Crippen LogP contribution is 2.30. The zero-order valence-corrected chi connectivity index (χ0v) is 11.0. The lowest BCUT2D eigenvalue weighted by molar-refractivity contribution is 0.110. The third kappa shape index (κ3) is 2.80. The van der Waals surface area contributed by atoms with Gasteiger partial charge >= 0.3 is 0 Å². The van der Waals surface area contributed by atoms with E-state index in [1.54, 1.807) is 26.0 Å². The van der Waals surface area contributed by atoms with Gasteiger partial charge in [0.1, 0.15) is 11.5 Å². The van der Waals surface area contributed by atoms with Crippen molar-refractivity contribution in [2.75, 3.05) is 6.54 Å². The predicted octanol–water partition coefficient (Wildman–Crippen LogP) is 3.45. The zero-order chi connectivity index (χ0) is 12.3. The average molecular weight is 292 g/mol. The van der Waals surface area contributed by atoms with Gasteiger partial charge in [-0.1, -0.05) is 26.0 Å². The molecule has 16 heavy (non-hydrogen) atoms. The summed E-state index contributed by atoms with van der Waals surface area (Å²) in [6.07, 6.45) is 0.125. The van der Waals surface area contributed by atoms with Crippen molar-refractivity contribution in [2.24, 2.45) is 11.7 Å². The standard InChI is InChI=1S/C12H16BrF2N/c1-8(2)12(15,7-16)6-9-4-3-5-10(14)11(9)13/h3-5,8H,6-7,16H2,1-2H3. The molecule has 0 saturated carbocycles. The summed E-state index contributed by atoms with van der Waals surface area (Å²) >= 11 is 3.13. The first kappa shape index (κ1) is 13.6. The molecule has 0 aliphatic heterocycles. The van der Waals surface area contributed by atoms with E-state index in [-0.39, 0.29) is 24.7 Å². The van der Waals surface area contributed by atoms with Crippen LogP contribution in [0.1, 0.15) is 19.4 Å². The maximum absolute atomic E-state index is 14.4. The van der Waals surface area contributed by atoms with Crippen molar-refractivity contribution in [1.82, 2.24) is 0 Å². The minimum absolute atomic E-state index is 0.0619. The molecule has 0 radical (unpaired) electrons. The van der Waals surface area contributed by atoms with E-state index in [0.29, 0.717) is 10.0 Å². The Balaban J connectivity index is 2.99. The summed E-state index contributed by atoms with van der Waals surface area (Å²) < 4.78 is 28.0. The lowest BCUT2D eigenvalue weighted by Crippen LogP contribution is -2.40. The van der Waals surface area contributed by atoms with Gasteiger partial charge in [0.15, 0.2) is 0 Å². The van der Waals surface area contributed by atoms with E-state index in [1.807, 2.05) is 0 Å². The Morgan fingerprint density at radius 2 is 2.06 bits per heavy atom. The SMILES string of the molecule is CC(C)C(F)(CN)Cc1cccc(F)c1Br. The summed E-state index contributed by atoms with van der Waals surface area (Å²) in [4.78, 5) is 0. The van der Waals surface area contributed by atoms with Gasteiger partial charge < -0.3 is 5.73 Å². The maximum atomic E-state index is 14.4. The van der Waals surface area contributed by atoms with Crippen LogP contribution in [-0.2, 0) is 6.42 Å². The number of nitrogens with two attached hydrogens (primary N) is 1. The molecule has 4 heteroatoms. The molecule has 0 aliphatic carbocycles. The van der Waals surface area contributed by atoms with Crippen LogP contribution in [0.3, 0.4) is 0 Å². The van der Waals surface area contributed by atoms with Gasteiger partial charge in [-0.2, -0.15) is 0 Å². The van der Waals surface area contributed by atoms with Crippen LogP contribution in [0.2, 0.25) is 0 Å². The molecule has 0 saturated heterocycles. The summed E-state index contributed by atoms with van der Waals surface area (Å²) in [5.74, 6) is -0.576. The molecule has 90 valence electrons. The fraction of sp³-hybridized carbons (Fsp3) is 0.500. The Hall–Kier alpha value is -0.480. The Kier molecular flexibility index (Phi) is 4.44. The molecule has 1 nitrogen and oxygen atoms in total. The van der Waals surface area contributed by atoms with Crippen molar-refractivity contribution in [3.05, 3.63) is 34.1 Å². The predicted molar refractivity (Wildman–Crippen MR) is 65.5 cm³/mol. The normalized spacial score (nSPS) is 15.2. The molecule has 0 fully saturated rings. The van der Waals surface area contributed by atoms with Crippen molar-refractivity contribution in [3.8, 4) is 0 Å². The number of hydrogen-bond acceptors (Lipinski definition) is 1. The Labute approximate surface area is 103 Å². The number of rotatable bonds is 4. The quantitative estimate of drug-likeness (QED) is 0.903. The second-order valence-electron chi connectivity index (χ2n) is 4.28. The summed E-state index contributed by atoms with van der Waals surface area (Å²) in [7, 11) is 0. The highest BCUT2D eigenvalue weighted by Gasteiger charge is 2.33. The van der Waals surface area contributed by atoms with E-state index in [0.717, 1.165) is 0 Å². The molecule has 0 heterocycles. The molecule has 1 rings (SSSR count). The van der Waals surface area contributed by atoms with Crippen molar-refractivity contribution in [3.63, 3.8) is 0 Å². The van der Waals surface area contributed by atoms with Gasteiger partial charge in [0, 0.05) is 13.0 Å². The molecule has 0 amide bonds.